The van der Waals surface area contributed by atoms with Crippen LogP contribution in [0.4, 0.5) is 0 Å². The number of carbonyl (C=O) groups is 3. The second kappa shape index (κ2) is 7.29. The summed E-state index contributed by atoms with van der Waals surface area (Å²) in [6.45, 7) is 4.75. The molecule has 0 radical (unpaired) electrons. The Labute approximate surface area is 141 Å². The highest BCUT2D eigenvalue weighted by atomic mass is 16.4. The Morgan fingerprint density at radius 2 is 1.83 bits per heavy atom. The van der Waals surface area contributed by atoms with Gasteiger partial charge >= 0.3 is 0 Å². The molecule has 2 rings (SSSR count). The van der Waals surface area contributed by atoms with Crippen molar-refractivity contribution in [1.82, 2.24) is 9.80 Å². The lowest BCUT2D eigenvalue weighted by atomic mass is 9.98. The summed E-state index contributed by atoms with van der Waals surface area (Å²) in [7, 11) is 0. The van der Waals surface area contributed by atoms with E-state index in [4.69, 9.17) is 0 Å². The average molecular weight is 329 g/mol. The van der Waals surface area contributed by atoms with Gasteiger partial charge in [-0.3, -0.25) is 9.59 Å². The minimum absolute atomic E-state index is 0.178. The quantitative estimate of drug-likeness (QED) is 0.802. The van der Waals surface area contributed by atoms with Crippen molar-refractivity contribution in [3.63, 3.8) is 0 Å². The molecule has 2 amide bonds. The predicted octanol–water partition coefficient (Wildman–Crippen LogP) is 0.840. The molecular formula is C18H21N2O4-. The normalized spacial score (nSPS) is 17.9. The molecule has 1 atom stereocenters. The Morgan fingerprint density at radius 1 is 1.21 bits per heavy atom. The van der Waals surface area contributed by atoms with E-state index >= 15 is 0 Å². The third-order valence-corrected chi connectivity index (χ3v) is 3.85. The average Bonchev–Trinajstić information content (AvgIpc) is 2.51. The van der Waals surface area contributed by atoms with E-state index in [2.05, 4.69) is 0 Å². The zero-order valence-corrected chi connectivity index (χ0v) is 14.1. The van der Waals surface area contributed by atoms with Crippen molar-refractivity contribution in [3.8, 4) is 0 Å². The van der Waals surface area contributed by atoms with Crippen molar-refractivity contribution in [2.45, 2.75) is 33.2 Å². The Bertz CT molecular complexity index is 667. The zero-order valence-electron chi connectivity index (χ0n) is 14.1. The van der Waals surface area contributed by atoms with Gasteiger partial charge in [-0.15, -0.1) is 0 Å². The molecule has 128 valence electrons. The van der Waals surface area contributed by atoms with E-state index in [0.717, 1.165) is 0 Å². The largest absolute Gasteiger partial charge is 0.548 e. The van der Waals surface area contributed by atoms with Crippen molar-refractivity contribution in [1.29, 1.82) is 0 Å². The van der Waals surface area contributed by atoms with Gasteiger partial charge in [0.25, 0.3) is 5.91 Å². The maximum Gasteiger partial charge on any atom is 0.250 e. The molecule has 1 aromatic rings. The van der Waals surface area contributed by atoms with Crippen LogP contribution in [0.3, 0.4) is 0 Å². The number of aliphatic carboxylic acids is 1. The molecule has 0 bridgehead atoms. The molecular weight excluding hydrogens is 308 g/mol. The molecule has 0 aliphatic carbocycles. The standard InChI is InChI=1S/C18H22N2O4/c1-12(2)9-15-18(24)20(11-17(22)23)16(10-19(15)13(3)21)14-7-5-4-6-8-14/h4-8,10,12,15H,9,11H2,1-3H3,(H,22,23)/p-1. The van der Waals surface area contributed by atoms with Crippen molar-refractivity contribution < 1.29 is 19.5 Å². The molecule has 24 heavy (non-hydrogen) atoms. The first-order chi connectivity index (χ1) is 11.3. The molecule has 0 saturated heterocycles. The first-order valence-electron chi connectivity index (χ1n) is 7.88. The Balaban J connectivity index is 2.53. The van der Waals surface area contributed by atoms with Crippen LogP contribution in [-0.4, -0.2) is 40.2 Å². The number of carbonyl (C=O) groups excluding carboxylic acids is 3. The lowest BCUT2D eigenvalue weighted by Crippen LogP contribution is -2.54. The van der Waals surface area contributed by atoms with Crippen LogP contribution in [-0.2, 0) is 14.4 Å². The smallest absolute Gasteiger partial charge is 0.250 e. The summed E-state index contributed by atoms with van der Waals surface area (Å²) in [5, 5.41) is 11.1. The molecule has 6 heteroatoms. The Morgan fingerprint density at radius 3 is 2.33 bits per heavy atom. The molecule has 0 fully saturated rings. The second-order valence-electron chi connectivity index (χ2n) is 6.25. The van der Waals surface area contributed by atoms with E-state index in [-0.39, 0.29) is 11.8 Å². The predicted molar refractivity (Wildman–Crippen MR) is 86.9 cm³/mol. The molecule has 1 aliphatic heterocycles. The topological polar surface area (TPSA) is 80.8 Å². The molecule has 0 saturated carbocycles. The molecule has 1 heterocycles. The summed E-state index contributed by atoms with van der Waals surface area (Å²) < 4.78 is 0. The fourth-order valence-electron chi connectivity index (χ4n) is 2.81. The molecule has 0 spiro atoms. The van der Waals surface area contributed by atoms with Gasteiger partial charge < -0.3 is 19.7 Å². The van der Waals surface area contributed by atoms with Crippen LogP contribution in [0.25, 0.3) is 5.70 Å². The van der Waals surface area contributed by atoms with Gasteiger partial charge in [0.1, 0.15) is 6.04 Å². The van der Waals surface area contributed by atoms with E-state index in [0.29, 0.717) is 17.7 Å². The molecule has 0 aromatic heterocycles. The van der Waals surface area contributed by atoms with Crippen LogP contribution in [0.2, 0.25) is 0 Å². The number of benzene rings is 1. The molecule has 1 aliphatic rings. The summed E-state index contributed by atoms with van der Waals surface area (Å²) in [5.41, 5.74) is 1.06. The monoisotopic (exact) mass is 329 g/mol. The van der Waals surface area contributed by atoms with Gasteiger partial charge in [0.2, 0.25) is 5.91 Å². The van der Waals surface area contributed by atoms with Crippen molar-refractivity contribution in [2.24, 2.45) is 5.92 Å². The van der Waals surface area contributed by atoms with E-state index < -0.39 is 24.5 Å². The lowest BCUT2D eigenvalue weighted by Gasteiger charge is -2.40. The van der Waals surface area contributed by atoms with Crippen LogP contribution in [0.1, 0.15) is 32.8 Å². The fourth-order valence-corrected chi connectivity index (χ4v) is 2.81. The highest BCUT2D eigenvalue weighted by molar-refractivity contribution is 5.98. The number of nitrogens with zero attached hydrogens (tertiary/aromatic N) is 2. The van der Waals surface area contributed by atoms with Gasteiger partial charge in [-0.1, -0.05) is 44.2 Å². The van der Waals surface area contributed by atoms with Gasteiger partial charge in [0.05, 0.1) is 18.2 Å². The highest BCUT2D eigenvalue weighted by Gasteiger charge is 2.37. The number of hydrogen-bond acceptors (Lipinski definition) is 4. The molecule has 1 unspecified atom stereocenters. The third kappa shape index (κ3) is 3.82. The van der Waals surface area contributed by atoms with Crippen molar-refractivity contribution in [3.05, 3.63) is 42.1 Å². The van der Waals surface area contributed by atoms with E-state index in [1.165, 1.54) is 16.7 Å². The van der Waals surface area contributed by atoms with Gasteiger partial charge in [0, 0.05) is 13.1 Å². The van der Waals surface area contributed by atoms with Crippen LogP contribution >= 0.6 is 0 Å². The molecule has 0 N–H and O–H groups in total. The maximum absolute atomic E-state index is 12.9. The molecule has 6 nitrogen and oxygen atoms in total. The first-order valence-corrected chi connectivity index (χ1v) is 7.88. The molecule has 1 aromatic carbocycles. The second-order valence-corrected chi connectivity index (χ2v) is 6.25. The van der Waals surface area contributed by atoms with Gasteiger partial charge in [-0.2, -0.15) is 0 Å². The summed E-state index contributed by atoms with van der Waals surface area (Å²) in [5.74, 6) is -1.82. The number of carboxylic acids is 1. The zero-order chi connectivity index (χ0) is 17.9. The van der Waals surface area contributed by atoms with Crippen LogP contribution in [0, 0.1) is 5.92 Å². The van der Waals surface area contributed by atoms with Gasteiger partial charge in [-0.05, 0) is 17.9 Å². The van der Waals surface area contributed by atoms with Crippen molar-refractivity contribution >= 4 is 23.5 Å². The number of carboxylic acid groups (broad SMARTS) is 1. The fraction of sp³-hybridized carbons (Fsp3) is 0.389. The lowest BCUT2D eigenvalue weighted by molar-refractivity contribution is -0.305. The minimum atomic E-state index is -1.34. The summed E-state index contributed by atoms with van der Waals surface area (Å²) in [4.78, 5) is 38.6. The van der Waals surface area contributed by atoms with Gasteiger partial charge in [-0.25, -0.2) is 0 Å². The summed E-state index contributed by atoms with van der Waals surface area (Å²) in [6.07, 6.45) is 2.02. The number of rotatable bonds is 5. The number of amides is 2. The highest BCUT2D eigenvalue weighted by Crippen LogP contribution is 2.29. The Hall–Kier alpha value is -2.63. The van der Waals surface area contributed by atoms with Gasteiger partial charge in [0.15, 0.2) is 0 Å². The van der Waals surface area contributed by atoms with Crippen LogP contribution < -0.4 is 5.11 Å². The van der Waals surface area contributed by atoms with E-state index in [1.54, 1.807) is 30.5 Å². The Kier molecular flexibility index (Phi) is 5.39. The summed E-state index contributed by atoms with van der Waals surface area (Å²) in [6, 6.07) is 8.23. The van der Waals surface area contributed by atoms with Crippen LogP contribution in [0.5, 0.6) is 0 Å². The minimum Gasteiger partial charge on any atom is -0.548 e. The first kappa shape index (κ1) is 17.7. The number of hydrogen-bond donors (Lipinski definition) is 0. The van der Waals surface area contributed by atoms with Crippen LogP contribution in [0.15, 0.2) is 36.5 Å². The third-order valence-electron chi connectivity index (χ3n) is 3.85. The van der Waals surface area contributed by atoms with Crippen molar-refractivity contribution in [2.75, 3.05) is 6.54 Å². The maximum atomic E-state index is 12.9. The van der Waals surface area contributed by atoms with E-state index in [1.807, 2.05) is 19.9 Å². The van der Waals surface area contributed by atoms with E-state index in [9.17, 15) is 19.5 Å². The summed E-state index contributed by atoms with van der Waals surface area (Å²) >= 11 is 0. The SMILES string of the molecule is CC(=O)N1C=C(c2ccccc2)N(CC(=O)[O-])C(=O)C1CC(C)C.